The highest BCUT2D eigenvalue weighted by molar-refractivity contribution is 5.93. The van der Waals surface area contributed by atoms with Gasteiger partial charge in [0.1, 0.15) is 0 Å². The number of para-hydroxylation sites is 2. The lowest BCUT2D eigenvalue weighted by atomic mass is 10.3. The fraction of sp³-hybridized carbons (Fsp3) is 0.125. The van der Waals surface area contributed by atoms with Crippen molar-refractivity contribution in [3.05, 3.63) is 64.0 Å². The van der Waals surface area contributed by atoms with Crippen LogP contribution < -0.4 is 10.1 Å². The van der Waals surface area contributed by atoms with Gasteiger partial charge >= 0.3 is 11.7 Å². The maximum atomic E-state index is 13.4. The van der Waals surface area contributed by atoms with Crippen LogP contribution in [0.2, 0.25) is 0 Å². The summed E-state index contributed by atoms with van der Waals surface area (Å²) < 4.78 is 48.8. The molecule has 0 saturated carbocycles. The molecule has 0 radical (unpaired) electrons. The summed E-state index contributed by atoms with van der Waals surface area (Å²) in [5.41, 5.74) is -0.997. The summed E-state index contributed by atoms with van der Waals surface area (Å²) in [5.74, 6) is -7.01. The molecule has 0 aromatic heterocycles. The number of nitrogens with one attached hydrogen (secondary N) is 1. The molecule has 0 unspecified atom stereocenters. The van der Waals surface area contributed by atoms with Crippen LogP contribution in [0.1, 0.15) is 0 Å². The van der Waals surface area contributed by atoms with Crippen molar-refractivity contribution in [1.29, 1.82) is 0 Å². The minimum Gasteiger partial charge on any atom is -0.475 e. The summed E-state index contributed by atoms with van der Waals surface area (Å²) in [6.45, 7) is -1.59. The average Bonchev–Trinajstić information content (AvgIpc) is 2.65. The number of halogens is 3. The van der Waals surface area contributed by atoms with Gasteiger partial charge in [0.25, 0.3) is 5.91 Å². The number of anilines is 1. The molecule has 0 aliphatic carbocycles. The van der Waals surface area contributed by atoms with E-state index in [1.54, 1.807) is 0 Å². The van der Waals surface area contributed by atoms with Crippen LogP contribution in [-0.4, -0.2) is 30.0 Å². The van der Waals surface area contributed by atoms with Gasteiger partial charge in [0.2, 0.25) is 0 Å². The molecule has 0 fully saturated rings. The molecule has 0 aliphatic rings. The van der Waals surface area contributed by atoms with Crippen molar-refractivity contribution in [2.24, 2.45) is 0 Å². The second-order valence-corrected chi connectivity index (χ2v) is 4.95. The first kappa shape index (κ1) is 19.7. The molecule has 2 aromatic rings. The number of ether oxygens (including phenoxy) is 2. The third kappa shape index (κ3) is 5.17. The van der Waals surface area contributed by atoms with Crippen molar-refractivity contribution >= 4 is 23.3 Å². The van der Waals surface area contributed by atoms with Gasteiger partial charge in [-0.25, -0.2) is 18.0 Å². The van der Waals surface area contributed by atoms with Gasteiger partial charge in [0.05, 0.1) is 10.6 Å². The predicted octanol–water partition coefficient (Wildman–Crippen LogP) is 2.57. The molecule has 0 heterocycles. The van der Waals surface area contributed by atoms with Crippen molar-refractivity contribution in [2.75, 3.05) is 18.5 Å². The number of carbonyl (C=O) groups is 2. The number of amides is 1. The maximum absolute atomic E-state index is 13.4. The monoisotopic (exact) mass is 384 g/mol. The maximum Gasteiger partial charge on any atom is 0.344 e. The molecule has 11 heteroatoms. The van der Waals surface area contributed by atoms with E-state index in [0.29, 0.717) is 6.07 Å². The normalized spacial score (nSPS) is 10.2. The number of rotatable bonds is 7. The van der Waals surface area contributed by atoms with Crippen LogP contribution in [0.3, 0.4) is 0 Å². The fourth-order valence-corrected chi connectivity index (χ4v) is 1.86. The zero-order valence-corrected chi connectivity index (χ0v) is 13.4. The molecule has 0 bridgehead atoms. The molecule has 2 rings (SSSR count). The van der Waals surface area contributed by atoms with Crippen molar-refractivity contribution in [3.8, 4) is 5.75 Å². The molecule has 8 nitrogen and oxygen atoms in total. The summed E-state index contributed by atoms with van der Waals surface area (Å²) in [4.78, 5) is 33.2. The SMILES string of the molecule is O=C(COC(=O)COc1ccccc1[N+](=O)[O-])Nc1ccc(F)c(F)c1F. The molecule has 1 N–H and O–H groups in total. The molecule has 0 saturated heterocycles. The lowest BCUT2D eigenvalue weighted by molar-refractivity contribution is -0.385. The van der Waals surface area contributed by atoms with Gasteiger partial charge in [0.15, 0.2) is 36.4 Å². The van der Waals surface area contributed by atoms with Gasteiger partial charge < -0.3 is 14.8 Å². The summed E-state index contributed by atoms with van der Waals surface area (Å²) in [7, 11) is 0. The summed E-state index contributed by atoms with van der Waals surface area (Å²) in [6.07, 6.45) is 0. The largest absolute Gasteiger partial charge is 0.475 e. The minimum absolute atomic E-state index is 0.173. The highest BCUT2D eigenvalue weighted by Crippen LogP contribution is 2.25. The Hall–Kier alpha value is -3.63. The molecular weight excluding hydrogens is 373 g/mol. The standard InChI is InChI=1S/C16H11F3N2O6/c17-9-5-6-10(16(19)15(9)18)20-13(22)7-27-14(23)8-26-12-4-2-1-3-11(12)21(24)25/h1-6H,7-8H2,(H,20,22). The number of esters is 1. The highest BCUT2D eigenvalue weighted by atomic mass is 19.2. The van der Waals surface area contributed by atoms with Gasteiger partial charge in [-0.3, -0.25) is 14.9 Å². The van der Waals surface area contributed by atoms with Crippen LogP contribution in [-0.2, 0) is 14.3 Å². The van der Waals surface area contributed by atoms with Crippen LogP contribution in [0.25, 0.3) is 0 Å². The zero-order chi connectivity index (χ0) is 20.0. The van der Waals surface area contributed by atoms with E-state index in [2.05, 4.69) is 4.74 Å². The lowest BCUT2D eigenvalue weighted by Gasteiger charge is -2.09. The molecule has 1 amide bonds. The Morgan fingerprint density at radius 2 is 1.74 bits per heavy atom. The minimum atomic E-state index is -1.76. The van der Waals surface area contributed by atoms with E-state index in [-0.39, 0.29) is 11.4 Å². The van der Waals surface area contributed by atoms with Crippen LogP contribution >= 0.6 is 0 Å². The van der Waals surface area contributed by atoms with E-state index < -0.39 is 53.2 Å². The van der Waals surface area contributed by atoms with E-state index in [0.717, 1.165) is 6.07 Å². The lowest BCUT2D eigenvalue weighted by Crippen LogP contribution is -2.24. The Bertz CT molecular complexity index is 890. The Morgan fingerprint density at radius 3 is 2.44 bits per heavy atom. The molecule has 0 atom stereocenters. The Kier molecular flexibility index (Phi) is 6.31. The van der Waals surface area contributed by atoms with E-state index >= 15 is 0 Å². The average molecular weight is 384 g/mol. The van der Waals surface area contributed by atoms with Gasteiger partial charge in [0, 0.05) is 6.07 Å². The van der Waals surface area contributed by atoms with Gasteiger partial charge in [-0.1, -0.05) is 12.1 Å². The molecule has 27 heavy (non-hydrogen) atoms. The van der Waals surface area contributed by atoms with Crippen LogP contribution in [0.4, 0.5) is 24.5 Å². The smallest absolute Gasteiger partial charge is 0.344 e. The van der Waals surface area contributed by atoms with Crippen molar-refractivity contribution < 1.29 is 37.2 Å². The van der Waals surface area contributed by atoms with Crippen molar-refractivity contribution in [1.82, 2.24) is 0 Å². The Labute approximate surface area is 149 Å². The second-order valence-electron chi connectivity index (χ2n) is 4.95. The predicted molar refractivity (Wildman–Crippen MR) is 84.5 cm³/mol. The third-order valence-corrected chi connectivity index (χ3v) is 3.08. The van der Waals surface area contributed by atoms with Crippen LogP contribution in [0, 0.1) is 27.6 Å². The number of hydrogen-bond donors (Lipinski definition) is 1. The topological polar surface area (TPSA) is 108 Å². The number of carbonyl (C=O) groups excluding carboxylic acids is 2. The van der Waals surface area contributed by atoms with Crippen LogP contribution in [0.15, 0.2) is 36.4 Å². The zero-order valence-electron chi connectivity index (χ0n) is 13.4. The second kappa shape index (κ2) is 8.65. The third-order valence-electron chi connectivity index (χ3n) is 3.08. The van der Waals surface area contributed by atoms with E-state index in [4.69, 9.17) is 4.74 Å². The van der Waals surface area contributed by atoms with E-state index in [1.807, 2.05) is 5.32 Å². The number of nitro groups is 1. The van der Waals surface area contributed by atoms with Crippen molar-refractivity contribution in [2.45, 2.75) is 0 Å². The van der Waals surface area contributed by atoms with Gasteiger partial charge in [-0.2, -0.15) is 0 Å². The Balaban J connectivity index is 1.85. The van der Waals surface area contributed by atoms with Crippen LogP contribution in [0.5, 0.6) is 5.75 Å². The quantitative estimate of drug-likeness (QED) is 0.340. The fourth-order valence-electron chi connectivity index (χ4n) is 1.86. The first-order valence-corrected chi connectivity index (χ1v) is 7.24. The van der Waals surface area contributed by atoms with E-state index in [1.165, 1.54) is 24.3 Å². The number of benzene rings is 2. The molecule has 142 valence electrons. The molecular formula is C16H11F3N2O6. The van der Waals surface area contributed by atoms with Gasteiger partial charge in [-0.05, 0) is 18.2 Å². The number of nitro benzene ring substituents is 1. The Morgan fingerprint density at radius 1 is 1.04 bits per heavy atom. The first-order chi connectivity index (χ1) is 12.8. The summed E-state index contributed by atoms with van der Waals surface area (Å²) in [6, 6.07) is 6.71. The van der Waals surface area contributed by atoms with Gasteiger partial charge in [-0.15, -0.1) is 0 Å². The van der Waals surface area contributed by atoms with E-state index in [9.17, 15) is 32.9 Å². The first-order valence-electron chi connectivity index (χ1n) is 7.24. The van der Waals surface area contributed by atoms with Crippen molar-refractivity contribution in [3.63, 3.8) is 0 Å². The summed E-state index contributed by atoms with van der Waals surface area (Å²) in [5, 5.41) is 12.7. The highest BCUT2D eigenvalue weighted by Gasteiger charge is 2.18. The summed E-state index contributed by atoms with van der Waals surface area (Å²) >= 11 is 0. The molecule has 0 aliphatic heterocycles. The molecule has 0 spiro atoms. The molecule has 2 aromatic carbocycles. The number of nitrogens with zero attached hydrogens (tertiary/aromatic N) is 1. The number of hydrogen-bond acceptors (Lipinski definition) is 6.